The summed E-state index contributed by atoms with van der Waals surface area (Å²) < 4.78 is 1.62. The van der Waals surface area contributed by atoms with Crippen LogP contribution in [0.2, 0.25) is 0 Å². The minimum Gasteiger partial charge on any atom is -0.321 e. The van der Waals surface area contributed by atoms with Gasteiger partial charge in [-0.3, -0.25) is 9.59 Å². The molecule has 5 heteroatoms. The number of amides is 1. The molecule has 0 radical (unpaired) electrons. The molecule has 0 atom stereocenters. The van der Waals surface area contributed by atoms with Crippen molar-refractivity contribution in [1.82, 2.24) is 9.88 Å². The van der Waals surface area contributed by atoms with E-state index in [1.165, 1.54) is 0 Å². The Kier molecular flexibility index (Phi) is 4.88. The maximum Gasteiger partial charge on any atom is 0.274 e. The molecule has 2 N–H and O–H groups in total. The van der Waals surface area contributed by atoms with Crippen LogP contribution in [0.25, 0.3) is 0 Å². The minimum absolute atomic E-state index is 0.0153. The standard InChI is InChI=1S/C18H21N3O2/c22-17(15-8-10-19-11-9-15)20-16-7-4-12-21(18(16)23)13-14-5-2-1-3-6-14/h1-7,12,15,19H,8-11,13H2,(H,20,22). The summed E-state index contributed by atoms with van der Waals surface area (Å²) in [5.74, 6) is -0.0699. The zero-order chi connectivity index (χ0) is 16.1. The molecule has 3 rings (SSSR count). The Labute approximate surface area is 135 Å². The van der Waals surface area contributed by atoms with Gasteiger partial charge in [-0.2, -0.15) is 0 Å². The molecule has 0 unspecified atom stereocenters. The lowest BCUT2D eigenvalue weighted by atomic mass is 9.97. The Bertz CT molecular complexity index is 719. The fraction of sp³-hybridized carbons (Fsp3) is 0.333. The van der Waals surface area contributed by atoms with Crippen LogP contribution in [0.15, 0.2) is 53.5 Å². The number of piperidine rings is 1. The van der Waals surface area contributed by atoms with Crippen molar-refractivity contribution in [3.8, 4) is 0 Å². The second kappa shape index (κ2) is 7.24. The highest BCUT2D eigenvalue weighted by atomic mass is 16.2. The summed E-state index contributed by atoms with van der Waals surface area (Å²) in [6.07, 6.45) is 3.38. The molecule has 0 bridgehead atoms. The average Bonchev–Trinajstić information content (AvgIpc) is 2.60. The number of pyridine rings is 1. The summed E-state index contributed by atoms with van der Waals surface area (Å²) in [4.78, 5) is 24.8. The Morgan fingerprint density at radius 1 is 1.13 bits per heavy atom. The Morgan fingerprint density at radius 3 is 2.61 bits per heavy atom. The molecule has 1 aliphatic heterocycles. The average molecular weight is 311 g/mol. The quantitative estimate of drug-likeness (QED) is 0.905. The number of hydrogen-bond acceptors (Lipinski definition) is 3. The zero-order valence-corrected chi connectivity index (χ0v) is 13.0. The van der Waals surface area contributed by atoms with Gasteiger partial charge in [-0.25, -0.2) is 0 Å². The molecule has 1 aromatic carbocycles. The van der Waals surface area contributed by atoms with Crippen molar-refractivity contribution >= 4 is 11.6 Å². The molecule has 1 aromatic heterocycles. The highest BCUT2D eigenvalue weighted by molar-refractivity contribution is 5.92. The molecule has 1 aliphatic rings. The predicted octanol–water partition coefficient (Wildman–Crippen LogP) is 1.83. The third-order valence-corrected chi connectivity index (χ3v) is 4.18. The SMILES string of the molecule is O=C(Nc1cccn(Cc2ccccc2)c1=O)C1CCNCC1. The molecule has 2 aromatic rings. The van der Waals surface area contributed by atoms with Gasteiger partial charge in [-0.05, 0) is 43.6 Å². The number of carbonyl (C=O) groups excluding carboxylic acids is 1. The zero-order valence-electron chi connectivity index (χ0n) is 13.0. The van der Waals surface area contributed by atoms with Crippen molar-refractivity contribution in [1.29, 1.82) is 0 Å². The molecule has 0 aliphatic carbocycles. The molecule has 1 amide bonds. The number of carbonyl (C=O) groups is 1. The van der Waals surface area contributed by atoms with Crippen molar-refractivity contribution in [2.75, 3.05) is 18.4 Å². The number of anilines is 1. The first kappa shape index (κ1) is 15.5. The van der Waals surface area contributed by atoms with Crippen molar-refractivity contribution < 1.29 is 4.79 Å². The molecule has 1 saturated heterocycles. The van der Waals surface area contributed by atoms with E-state index in [-0.39, 0.29) is 17.4 Å². The monoisotopic (exact) mass is 311 g/mol. The molecular formula is C18H21N3O2. The predicted molar refractivity (Wildman–Crippen MR) is 90.5 cm³/mol. The first-order valence-electron chi connectivity index (χ1n) is 7.99. The lowest BCUT2D eigenvalue weighted by molar-refractivity contribution is -0.120. The highest BCUT2D eigenvalue weighted by Crippen LogP contribution is 2.14. The summed E-state index contributed by atoms with van der Waals surface area (Å²) in [7, 11) is 0. The number of aromatic nitrogens is 1. The Balaban J connectivity index is 1.74. The van der Waals surface area contributed by atoms with E-state index in [1.54, 1.807) is 22.9 Å². The van der Waals surface area contributed by atoms with Crippen molar-refractivity contribution in [2.24, 2.45) is 5.92 Å². The van der Waals surface area contributed by atoms with E-state index >= 15 is 0 Å². The van der Waals surface area contributed by atoms with Gasteiger partial charge >= 0.3 is 0 Å². The lowest BCUT2D eigenvalue weighted by Crippen LogP contribution is -2.36. The summed E-state index contributed by atoms with van der Waals surface area (Å²) in [6.45, 7) is 2.20. The van der Waals surface area contributed by atoms with Gasteiger partial charge in [0.15, 0.2) is 0 Å². The van der Waals surface area contributed by atoms with Gasteiger partial charge in [0.2, 0.25) is 5.91 Å². The number of rotatable bonds is 4. The van der Waals surface area contributed by atoms with Crippen LogP contribution in [0.3, 0.4) is 0 Å². The maximum atomic E-state index is 12.5. The summed E-state index contributed by atoms with van der Waals surface area (Å²) >= 11 is 0. The fourth-order valence-electron chi connectivity index (χ4n) is 2.86. The lowest BCUT2D eigenvalue weighted by Gasteiger charge is -2.21. The minimum atomic E-state index is -0.168. The molecule has 2 heterocycles. The van der Waals surface area contributed by atoms with Gasteiger partial charge in [0.05, 0.1) is 6.54 Å². The van der Waals surface area contributed by atoms with Gasteiger partial charge in [-0.15, -0.1) is 0 Å². The van der Waals surface area contributed by atoms with Crippen LogP contribution in [0.4, 0.5) is 5.69 Å². The van der Waals surface area contributed by atoms with E-state index in [2.05, 4.69) is 10.6 Å². The highest BCUT2D eigenvalue weighted by Gasteiger charge is 2.21. The van der Waals surface area contributed by atoms with Crippen molar-refractivity contribution in [2.45, 2.75) is 19.4 Å². The fourth-order valence-corrected chi connectivity index (χ4v) is 2.86. The largest absolute Gasteiger partial charge is 0.321 e. The maximum absolute atomic E-state index is 12.5. The molecule has 0 saturated carbocycles. The van der Waals surface area contributed by atoms with E-state index in [9.17, 15) is 9.59 Å². The van der Waals surface area contributed by atoms with E-state index in [0.29, 0.717) is 12.2 Å². The van der Waals surface area contributed by atoms with Gasteiger partial charge in [0.25, 0.3) is 5.56 Å². The number of nitrogens with zero attached hydrogens (tertiary/aromatic N) is 1. The van der Waals surface area contributed by atoms with Crippen LogP contribution >= 0.6 is 0 Å². The second-order valence-electron chi connectivity index (χ2n) is 5.85. The van der Waals surface area contributed by atoms with Gasteiger partial charge in [-0.1, -0.05) is 30.3 Å². The van der Waals surface area contributed by atoms with Gasteiger partial charge < -0.3 is 15.2 Å². The number of hydrogen-bond donors (Lipinski definition) is 2. The topological polar surface area (TPSA) is 63.1 Å². The number of benzene rings is 1. The molecule has 5 nitrogen and oxygen atoms in total. The van der Waals surface area contributed by atoms with Crippen LogP contribution in [0.1, 0.15) is 18.4 Å². The first-order chi connectivity index (χ1) is 11.2. The number of nitrogens with one attached hydrogen (secondary N) is 2. The van der Waals surface area contributed by atoms with Crippen LogP contribution in [0, 0.1) is 5.92 Å². The molecule has 1 fully saturated rings. The third-order valence-electron chi connectivity index (χ3n) is 4.18. The summed E-state index contributed by atoms with van der Waals surface area (Å²) in [5.41, 5.74) is 1.24. The van der Waals surface area contributed by atoms with Crippen LogP contribution in [-0.2, 0) is 11.3 Å². The van der Waals surface area contributed by atoms with Crippen molar-refractivity contribution in [3.05, 3.63) is 64.6 Å². The van der Waals surface area contributed by atoms with Crippen LogP contribution < -0.4 is 16.2 Å². The second-order valence-corrected chi connectivity index (χ2v) is 5.85. The van der Waals surface area contributed by atoms with Crippen molar-refractivity contribution in [3.63, 3.8) is 0 Å². The Hall–Kier alpha value is -2.40. The Morgan fingerprint density at radius 2 is 1.87 bits per heavy atom. The van der Waals surface area contributed by atoms with Crippen LogP contribution in [0.5, 0.6) is 0 Å². The van der Waals surface area contributed by atoms with E-state index in [4.69, 9.17) is 0 Å². The van der Waals surface area contributed by atoms with Gasteiger partial charge in [0.1, 0.15) is 5.69 Å². The smallest absolute Gasteiger partial charge is 0.274 e. The molecule has 0 spiro atoms. The third kappa shape index (κ3) is 3.87. The van der Waals surface area contributed by atoms with E-state index in [0.717, 1.165) is 31.5 Å². The molecular weight excluding hydrogens is 290 g/mol. The molecule has 23 heavy (non-hydrogen) atoms. The first-order valence-corrected chi connectivity index (χ1v) is 7.99. The van der Waals surface area contributed by atoms with Gasteiger partial charge in [0, 0.05) is 12.1 Å². The molecule has 120 valence electrons. The van der Waals surface area contributed by atoms with E-state index in [1.807, 2.05) is 30.3 Å². The van der Waals surface area contributed by atoms with E-state index < -0.39 is 0 Å². The normalized spacial score (nSPS) is 15.3. The summed E-state index contributed by atoms with van der Waals surface area (Å²) in [6, 6.07) is 13.3. The van der Waals surface area contributed by atoms with Crippen LogP contribution in [-0.4, -0.2) is 23.6 Å². The summed E-state index contributed by atoms with van der Waals surface area (Å²) in [5, 5.41) is 6.04.